The van der Waals surface area contributed by atoms with Gasteiger partial charge in [-0.15, -0.1) is 5.10 Å². The molecule has 0 radical (unpaired) electrons. The second kappa shape index (κ2) is 7.37. The lowest BCUT2D eigenvalue weighted by Gasteiger charge is -2.19. The lowest BCUT2D eigenvalue weighted by atomic mass is 9.95. The van der Waals surface area contributed by atoms with Crippen molar-refractivity contribution in [3.63, 3.8) is 0 Å². The maximum atomic E-state index is 12.6. The molecule has 0 fully saturated rings. The molecule has 0 saturated carbocycles. The molecule has 122 valence electrons. The van der Waals surface area contributed by atoms with Crippen molar-refractivity contribution in [1.29, 1.82) is 0 Å². The van der Waals surface area contributed by atoms with E-state index in [1.54, 1.807) is 6.20 Å². The Morgan fingerprint density at radius 2 is 2.17 bits per heavy atom. The largest absolute Gasteiger partial charge is 0.373 e. The molecule has 1 aromatic heterocycles. The molecule has 0 bridgehead atoms. The zero-order valence-corrected chi connectivity index (χ0v) is 13.3. The first-order chi connectivity index (χ1) is 11.2. The van der Waals surface area contributed by atoms with Gasteiger partial charge in [-0.1, -0.05) is 35.5 Å². The molecule has 2 heterocycles. The monoisotopic (exact) mass is 314 g/mol. The summed E-state index contributed by atoms with van der Waals surface area (Å²) in [5.41, 5.74) is 2.12. The van der Waals surface area contributed by atoms with E-state index in [1.165, 1.54) is 5.56 Å². The van der Waals surface area contributed by atoms with E-state index in [2.05, 4.69) is 27.8 Å². The second-order valence-corrected chi connectivity index (χ2v) is 6.05. The number of aryl methyl sites for hydroxylation is 1. The summed E-state index contributed by atoms with van der Waals surface area (Å²) >= 11 is 0. The number of hydrogen-bond donors (Lipinski definition) is 1. The van der Waals surface area contributed by atoms with Crippen LogP contribution < -0.4 is 5.32 Å². The molecule has 0 unspecified atom stereocenters. The molecule has 2 aromatic rings. The number of rotatable bonds is 2. The molecule has 1 N–H and O–H groups in total. The molecule has 1 aliphatic rings. The summed E-state index contributed by atoms with van der Waals surface area (Å²) in [6.45, 7) is 3.58. The summed E-state index contributed by atoms with van der Waals surface area (Å²) < 4.78 is 7.48. The van der Waals surface area contributed by atoms with E-state index in [4.69, 9.17) is 4.74 Å². The third-order valence-corrected chi connectivity index (χ3v) is 4.09. The third kappa shape index (κ3) is 4.16. The van der Waals surface area contributed by atoms with Gasteiger partial charge in [0.05, 0.1) is 25.1 Å². The summed E-state index contributed by atoms with van der Waals surface area (Å²) in [5.74, 6) is -0.0106. The van der Waals surface area contributed by atoms with Crippen molar-refractivity contribution in [3.8, 4) is 0 Å². The highest BCUT2D eigenvalue weighted by Gasteiger charge is 2.22. The highest BCUT2D eigenvalue weighted by molar-refractivity contribution is 5.79. The van der Waals surface area contributed by atoms with E-state index in [9.17, 15) is 4.79 Å². The number of nitrogens with zero attached hydrogens (tertiary/aromatic N) is 3. The van der Waals surface area contributed by atoms with Crippen LogP contribution in [0.5, 0.6) is 0 Å². The van der Waals surface area contributed by atoms with Crippen LogP contribution in [0.3, 0.4) is 0 Å². The van der Waals surface area contributed by atoms with Gasteiger partial charge in [0.1, 0.15) is 0 Å². The summed E-state index contributed by atoms with van der Waals surface area (Å²) in [7, 11) is 0. The van der Waals surface area contributed by atoms with Gasteiger partial charge in [0, 0.05) is 18.5 Å². The van der Waals surface area contributed by atoms with Crippen molar-refractivity contribution in [2.24, 2.45) is 5.92 Å². The van der Waals surface area contributed by atoms with Crippen LogP contribution in [0.2, 0.25) is 0 Å². The molecule has 1 aromatic carbocycles. The van der Waals surface area contributed by atoms with Crippen LogP contribution in [0.1, 0.15) is 24.6 Å². The number of nitrogens with one attached hydrogen (secondary N) is 1. The Morgan fingerprint density at radius 3 is 3.00 bits per heavy atom. The lowest BCUT2D eigenvalue weighted by molar-refractivity contribution is -0.126. The van der Waals surface area contributed by atoms with E-state index < -0.39 is 0 Å². The van der Waals surface area contributed by atoms with E-state index in [1.807, 2.05) is 29.8 Å². The topological polar surface area (TPSA) is 69.0 Å². The molecule has 0 aliphatic carbocycles. The van der Waals surface area contributed by atoms with E-state index >= 15 is 0 Å². The number of ether oxygens (including phenoxy) is 1. The summed E-state index contributed by atoms with van der Waals surface area (Å²) in [6.07, 6.45) is 3.18. The lowest BCUT2D eigenvalue weighted by Crippen LogP contribution is -2.40. The quantitative estimate of drug-likeness (QED) is 0.913. The standard InChI is InChI=1S/C17H22N4O2/c1-13-11-23-12-16-10-18-20-21(16)8-7-15(17(22)19-13)9-14-5-3-2-4-6-14/h2-6,10,13,15H,7-9,11-12H2,1H3,(H,19,22)/t13-,15+/m0/s1. The van der Waals surface area contributed by atoms with Crippen molar-refractivity contribution in [1.82, 2.24) is 20.3 Å². The molecule has 0 spiro atoms. The van der Waals surface area contributed by atoms with Crippen molar-refractivity contribution < 1.29 is 9.53 Å². The average molecular weight is 314 g/mol. The van der Waals surface area contributed by atoms with Gasteiger partial charge in [0.15, 0.2) is 0 Å². The van der Waals surface area contributed by atoms with Gasteiger partial charge in [-0.25, -0.2) is 4.68 Å². The maximum absolute atomic E-state index is 12.6. The molecule has 0 saturated heterocycles. The van der Waals surface area contributed by atoms with E-state index in [0.717, 1.165) is 18.5 Å². The second-order valence-electron chi connectivity index (χ2n) is 6.05. The first kappa shape index (κ1) is 15.7. The Kier molecular flexibility index (Phi) is 5.02. The average Bonchev–Trinajstić information content (AvgIpc) is 2.98. The van der Waals surface area contributed by atoms with Crippen molar-refractivity contribution in [2.75, 3.05) is 6.61 Å². The molecule has 6 nitrogen and oxygen atoms in total. The minimum absolute atomic E-state index is 0.0109. The van der Waals surface area contributed by atoms with E-state index in [0.29, 0.717) is 19.8 Å². The van der Waals surface area contributed by atoms with Gasteiger partial charge in [-0.3, -0.25) is 4.79 Å². The molecule has 23 heavy (non-hydrogen) atoms. The zero-order valence-electron chi connectivity index (χ0n) is 13.3. The molecular weight excluding hydrogens is 292 g/mol. The van der Waals surface area contributed by atoms with Gasteiger partial charge >= 0.3 is 0 Å². The zero-order chi connectivity index (χ0) is 16.1. The SMILES string of the molecule is C[C@H]1COCc2cnnn2CC[C@H](Cc2ccccc2)C(=O)N1. The van der Waals surface area contributed by atoms with Crippen LogP contribution in [-0.4, -0.2) is 33.5 Å². The van der Waals surface area contributed by atoms with Crippen LogP contribution in [0.15, 0.2) is 36.5 Å². The molecule has 2 atom stereocenters. The maximum Gasteiger partial charge on any atom is 0.223 e. The fraction of sp³-hybridized carbons (Fsp3) is 0.471. The number of carbonyl (C=O) groups is 1. The fourth-order valence-corrected chi connectivity index (χ4v) is 2.82. The predicted octanol–water partition coefficient (Wildman–Crippen LogP) is 1.56. The molecule has 1 aliphatic heterocycles. The van der Waals surface area contributed by atoms with Gasteiger partial charge < -0.3 is 10.1 Å². The van der Waals surface area contributed by atoms with Crippen LogP contribution in [0.25, 0.3) is 0 Å². The molecular formula is C17H22N4O2. The van der Waals surface area contributed by atoms with Gasteiger partial charge in [0.2, 0.25) is 5.91 Å². The number of benzene rings is 1. The summed E-state index contributed by atoms with van der Waals surface area (Å²) in [4.78, 5) is 12.6. The first-order valence-corrected chi connectivity index (χ1v) is 8.02. The number of amides is 1. The van der Waals surface area contributed by atoms with Crippen molar-refractivity contribution in [2.45, 2.75) is 39.0 Å². The van der Waals surface area contributed by atoms with Crippen molar-refractivity contribution in [3.05, 3.63) is 47.8 Å². The van der Waals surface area contributed by atoms with Crippen LogP contribution >= 0.6 is 0 Å². The summed E-state index contributed by atoms with van der Waals surface area (Å²) in [5, 5.41) is 11.1. The fourth-order valence-electron chi connectivity index (χ4n) is 2.82. The minimum atomic E-state index is -0.0880. The molecule has 6 heteroatoms. The number of hydrogen-bond acceptors (Lipinski definition) is 4. The van der Waals surface area contributed by atoms with Crippen molar-refractivity contribution >= 4 is 5.91 Å². The minimum Gasteiger partial charge on any atom is -0.373 e. The Morgan fingerprint density at radius 1 is 1.35 bits per heavy atom. The highest BCUT2D eigenvalue weighted by Crippen LogP contribution is 2.16. The van der Waals surface area contributed by atoms with E-state index in [-0.39, 0.29) is 17.9 Å². The van der Waals surface area contributed by atoms with Crippen LogP contribution in [0, 0.1) is 5.92 Å². The Hall–Kier alpha value is -2.21. The smallest absolute Gasteiger partial charge is 0.223 e. The highest BCUT2D eigenvalue weighted by atomic mass is 16.5. The molecule has 3 rings (SSSR count). The number of fused-ring (bicyclic) bond motifs is 1. The molecule has 1 amide bonds. The Labute approximate surface area is 135 Å². The van der Waals surface area contributed by atoms with Crippen LogP contribution in [-0.2, 0) is 29.1 Å². The normalized spacial score (nSPS) is 22.7. The first-order valence-electron chi connectivity index (χ1n) is 8.02. The summed E-state index contributed by atoms with van der Waals surface area (Å²) in [6, 6.07) is 10.1. The van der Waals surface area contributed by atoms with Gasteiger partial charge in [-0.05, 0) is 25.3 Å². The Balaban J connectivity index is 1.77. The number of carbonyl (C=O) groups excluding carboxylic acids is 1. The van der Waals surface area contributed by atoms with Crippen LogP contribution in [0.4, 0.5) is 0 Å². The Bertz CT molecular complexity index is 641. The number of aromatic nitrogens is 3. The predicted molar refractivity (Wildman–Crippen MR) is 85.5 cm³/mol. The van der Waals surface area contributed by atoms with Gasteiger partial charge in [-0.2, -0.15) is 0 Å². The third-order valence-electron chi connectivity index (χ3n) is 4.09. The van der Waals surface area contributed by atoms with Gasteiger partial charge in [0.25, 0.3) is 0 Å².